The molecule has 1 aliphatic heterocycles. The van der Waals surface area contributed by atoms with E-state index in [1.165, 1.54) is 0 Å². The summed E-state index contributed by atoms with van der Waals surface area (Å²) in [6.45, 7) is 0. The zero-order chi connectivity index (χ0) is 11.3. The van der Waals surface area contributed by atoms with Crippen LogP contribution in [0.3, 0.4) is 0 Å². The molecule has 77 valence electrons. The van der Waals surface area contributed by atoms with Crippen LogP contribution in [0.2, 0.25) is 20.1 Å². The van der Waals surface area contributed by atoms with Gasteiger partial charge in [0.2, 0.25) is 0 Å². The van der Waals surface area contributed by atoms with Crippen LogP contribution in [-0.4, -0.2) is 11.8 Å². The lowest BCUT2D eigenvalue weighted by Crippen LogP contribution is -2.11. The van der Waals surface area contributed by atoms with Crippen molar-refractivity contribution < 1.29 is 9.59 Å². The van der Waals surface area contributed by atoms with Gasteiger partial charge in [0, 0.05) is 0 Å². The number of imide groups is 1. The predicted molar refractivity (Wildman–Crippen MR) is 57.3 cm³/mol. The quantitative estimate of drug-likeness (QED) is 0.417. The second kappa shape index (κ2) is 3.52. The van der Waals surface area contributed by atoms with Crippen molar-refractivity contribution in [1.82, 2.24) is 5.32 Å². The van der Waals surface area contributed by atoms with Crippen LogP contribution in [0.25, 0.3) is 0 Å². The van der Waals surface area contributed by atoms with E-state index in [1.807, 2.05) is 0 Å². The summed E-state index contributed by atoms with van der Waals surface area (Å²) in [5.74, 6) is -1.50. The summed E-state index contributed by atoms with van der Waals surface area (Å²) < 4.78 is 0. The predicted octanol–water partition coefficient (Wildman–Crippen LogP) is 3.20. The van der Waals surface area contributed by atoms with Crippen LogP contribution in [0, 0.1) is 0 Å². The van der Waals surface area contributed by atoms with Crippen LogP contribution in [0.15, 0.2) is 0 Å². The first kappa shape index (κ1) is 11.0. The van der Waals surface area contributed by atoms with Crippen molar-refractivity contribution in [1.29, 1.82) is 0 Å². The number of carbonyl (C=O) groups is 2. The number of carbonyl (C=O) groups excluding carboxylic acids is 2. The Hall–Kier alpha value is -0.480. The molecule has 0 bridgehead atoms. The molecule has 15 heavy (non-hydrogen) atoms. The highest BCUT2D eigenvalue weighted by atomic mass is 35.5. The second-order valence-corrected chi connectivity index (χ2v) is 4.24. The van der Waals surface area contributed by atoms with Crippen LogP contribution in [-0.2, 0) is 0 Å². The Kier molecular flexibility index (Phi) is 2.59. The maximum absolute atomic E-state index is 11.3. The Labute approximate surface area is 104 Å². The van der Waals surface area contributed by atoms with E-state index in [0.717, 1.165) is 0 Å². The van der Waals surface area contributed by atoms with Gasteiger partial charge in [0.25, 0.3) is 11.8 Å². The molecular formula is C8Cl4NO2. The maximum Gasteiger partial charge on any atom is 0.282 e. The highest BCUT2D eigenvalue weighted by Crippen LogP contribution is 2.43. The van der Waals surface area contributed by atoms with Crippen LogP contribution in [0.4, 0.5) is 0 Å². The summed E-state index contributed by atoms with van der Waals surface area (Å²) in [7, 11) is 0. The van der Waals surface area contributed by atoms with Crippen LogP contribution >= 0.6 is 46.4 Å². The van der Waals surface area contributed by atoms with Crippen LogP contribution in [0.1, 0.15) is 20.7 Å². The smallest absolute Gasteiger partial charge is 0.267 e. The van der Waals surface area contributed by atoms with Crippen molar-refractivity contribution in [2.24, 2.45) is 0 Å². The Morgan fingerprint density at radius 1 is 0.667 bits per heavy atom. The Morgan fingerprint density at radius 2 is 1.00 bits per heavy atom. The lowest BCUT2D eigenvalue weighted by atomic mass is 10.1. The molecule has 3 nitrogen and oxygen atoms in total. The van der Waals surface area contributed by atoms with E-state index in [-0.39, 0.29) is 31.2 Å². The van der Waals surface area contributed by atoms with Gasteiger partial charge in [0.15, 0.2) is 0 Å². The molecule has 2 amide bonds. The number of nitrogens with zero attached hydrogens (tertiary/aromatic N) is 1. The van der Waals surface area contributed by atoms with E-state index in [4.69, 9.17) is 46.4 Å². The highest BCUT2D eigenvalue weighted by molar-refractivity contribution is 6.55. The first-order chi connectivity index (χ1) is 6.95. The van der Waals surface area contributed by atoms with E-state index in [1.54, 1.807) is 0 Å². The molecule has 0 fully saturated rings. The van der Waals surface area contributed by atoms with Crippen molar-refractivity contribution in [3.8, 4) is 0 Å². The van der Waals surface area contributed by atoms with Gasteiger partial charge in [-0.2, -0.15) is 5.32 Å². The molecule has 1 aromatic carbocycles. The summed E-state index contributed by atoms with van der Waals surface area (Å²) in [6, 6.07) is 0. The van der Waals surface area contributed by atoms with E-state index >= 15 is 0 Å². The topological polar surface area (TPSA) is 48.2 Å². The first-order valence-corrected chi connectivity index (χ1v) is 5.12. The minimum Gasteiger partial charge on any atom is -0.267 e. The summed E-state index contributed by atoms with van der Waals surface area (Å²) in [6.07, 6.45) is 0. The number of amides is 2. The third-order valence-electron chi connectivity index (χ3n) is 1.90. The maximum atomic E-state index is 11.3. The van der Waals surface area contributed by atoms with Gasteiger partial charge in [-0.25, -0.2) is 0 Å². The summed E-state index contributed by atoms with van der Waals surface area (Å²) in [5, 5.41) is 2.89. The van der Waals surface area contributed by atoms with Gasteiger partial charge < -0.3 is 0 Å². The summed E-state index contributed by atoms with van der Waals surface area (Å²) in [5.41, 5.74) is -0.165. The minimum atomic E-state index is -0.750. The molecule has 0 atom stereocenters. The molecule has 1 aromatic rings. The second-order valence-electron chi connectivity index (χ2n) is 2.73. The number of fused-ring (bicyclic) bond motifs is 1. The van der Waals surface area contributed by atoms with Crippen LogP contribution < -0.4 is 5.32 Å². The third kappa shape index (κ3) is 1.42. The zero-order valence-corrected chi connectivity index (χ0v) is 9.80. The molecule has 0 aromatic heterocycles. The molecule has 0 unspecified atom stereocenters. The van der Waals surface area contributed by atoms with Gasteiger partial charge in [-0.05, 0) is 0 Å². The Morgan fingerprint density at radius 3 is 1.33 bits per heavy atom. The molecule has 0 saturated carbocycles. The first-order valence-electron chi connectivity index (χ1n) is 3.61. The highest BCUT2D eigenvalue weighted by Gasteiger charge is 2.36. The average molecular weight is 284 g/mol. The van der Waals surface area contributed by atoms with Gasteiger partial charge in [0.05, 0.1) is 31.2 Å². The van der Waals surface area contributed by atoms with E-state index in [0.29, 0.717) is 0 Å². The van der Waals surface area contributed by atoms with Crippen LogP contribution in [0.5, 0.6) is 0 Å². The fourth-order valence-corrected chi connectivity index (χ4v) is 2.25. The zero-order valence-electron chi connectivity index (χ0n) is 6.78. The fourth-order valence-electron chi connectivity index (χ4n) is 1.24. The molecule has 0 spiro atoms. The van der Waals surface area contributed by atoms with Crippen molar-refractivity contribution >= 4 is 58.2 Å². The monoisotopic (exact) mass is 282 g/mol. The Bertz CT molecular complexity index is 467. The number of rotatable bonds is 0. The van der Waals surface area contributed by atoms with E-state index in [2.05, 4.69) is 5.32 Å². The lowest BCUT2D eigenvalue weighted by molar-refractivity contribution is 0.0873. The number of hydrogen-bond donors (Lipinski definition) is 0. The molecule has 2 rings (SSSR count). The lowest BCUT2D eigenvalue weighted by Gasteiger charge is -2.05. The number of benzene rings is 1. The van der Waals surface area contributed by atoms with Gasteiger partial charge in [-0.1, -0.05) is 46.4 Å². The largest absolute Gasteiger partial charge is 0.282 e. The molecule has 7 heteroatoms. The van der Waals surface area contributed by atoms with E-state index < -0.39 is 11.8 Å². The number of hydrogen-bond acceptors (Lipinski definition) is 2. The van der Waals surface area contributed by atoms with Crippen molar-refractivity contribution in [2.45, 2.75) is 0 Å². The van der Waals surface area contributed by atoms with Gasteiger partial charge >= 0.3 is 0 Å². The Balaban J connectivity index is 2.92. The van der Waals surface area contributed by atoms with E-state index in [9.17, 15) is 9.59 Å². The minimum absolute atomic E-state index is 0.0552. The standard InChI is InChI=1S/C8Cl4NO2/c9-3-1-2(8(15)13-7(1)14)4(10)6(12)5(3)11. The molecule has 1 radical (unpaired) electrons. The normalized spacial score (nSPS) is 14.1. The van der Waals surface area contributed by atoms with Crippen molar-refractivity contribution in [2.75, 3.05) is 0 Å². The third-order valence-corrected chi connectivity index (χ3v) is 3.70. The molecule has 1 aliphatic rings. The van der Waals surface area contributed by atoms with Gasteiger partial charge in [0.1, 0.15) is 0 Å². The average Bonchev–Trinajstić information content (AvgIpc) is 2.47. The molecule has 0 N–H and O–H groups in total. The van der Waals surface area contributed by atoms with Crippen molar-refractivity contribution in [3.05, 3.63) is 31.2 Å². The van der Waals surface area contributed by atoms with Gasteiger partial charge in [-0.3, -0.25) is 9.59 Å². The molecule has 1 heterocycles. The molecular weight excluding hydrogens is 284 g/mol. The van der Waals surface area contributed by atoms with Gasteiger partial charge in [-0.15, -0.1) is 0 Å². The summed E-state index contributed by atoms with van der Waals surface area (Å²) in [4.78, 5) is 22.6. The molecule has 0 aliphatic carbocycles. The van der Waals surface area contributed by atoms with Crippen molar-refractivity contribution in [3.63, 3.8) is 0 Å². The summed E-state index contributed by atoms with van der Waals surface area (Å²) >= 11 is 23.0. The fraction of sp³-hybridized carbons (Fsp3) is 0. The molecule has 0 saturated heterocycles. The number of halogens is 4. The SMILES string of the molecule is O=C1[N]C(=O)c2c(Cl)c(Cl)c(Cl)c(Cl)c21.